The standard InChI is InChI=1S/C11H12BrNO3.ClH/c1-2-3-8(13)9-6(11(15)16)4-5-7(12)10(9)14;/h2,4-5,8,14H,1,3,13H2,(H,15,16);1H/t8-;/m1./s1. The zero-order chi connectivity index (χ0) is 12.3. The lowest BCUT2D eigenvalue weighted by Gasteiger charge is -2.15. The Hall–Kier alpha value is -1.04. The van der Waals surface area contributed by atoms with Crippen LogP contribution in [0.3, 0.4) is 0 Å². The molecule has 6 heteroatoms. The summed E-state index contributed by atoms with van der Waals surface area (Å²) in [7, 11) is 0. The Bertz CT molecular complexity index is 437. The van der Waals surface area contributed by atoms with Crippen LogP contribution in [-0.4, -0.2) is 16.2 Å². The van der Waals surface area contributed by atoms with E-state index in [2.05, 4.69) is 22.5 Å². The average molecular weight is 323 g/mol. The third kappa shape index (κ3) is 3.46. The van der Waals surface area contributed by atoms with E-state index in [-0.39, 0.29) is 29.3 Å². The van der Waals surface area contributed by atoms with E-state index >= 15 is 0 Å². The van der Waals surface area contributed by atoms with Crippen LogP contribution in [0.25, 0.3) is 0 Å². The van der Waals surface area contributed by atoms with E-state index in [9.17, 15) is 9.90 Å². The topological polar surface area (TPSA) is 83.6 Å². The predicted octanol–water partition coefficient (Wildman–Crippen LogP) is 2.85. The number of phenols is 1. The molecule has 1 aromatic carbocycles. The van der Waals surface area contributed by atoms with Gasteiger partial charge in [0.15, 0.2) is 0 Å². The van der Waals surface area contributed by atoms with Crippen molar-refractivity contribution >= 4 is 34.3 Å². The molecule has 1 aromatic rings. The smallest absolute Gasteiger partial charge is 0.336 e. The second-order valence-corrected chi connectivity index (χ2v) is 4.15. The number of halogens is 2. The first-order valence-corrected chi connectivity index (χ1v) is 5.39. The van der Waals surface area contributed by atoms with Crippen molar-refractivity contribution in [2.45, 2.75) is 12.5 Å². The molecule has 0 aromatic heterocycles. The van der Waals surface area contributed by atoms with Crippen molar-refractivity contribution < 1.29 is 15.0 Å². The van der Waals surface area contributed by atoms with Gasteiger partial charge in [-0.25, -0.2) is 4.79 Å². The van der Waals surface area contributed by atoms with Gasteiger partial charge < -0.3 is 15.9 Å². The summed E-state index contributed by atoms with van der Waals surface area (Å²) in [5.74, 6) is -1.24. The van der Waals surface area contributed by atoms with Crippen LogP contribution in [0.4, 0.5) is 0 Å². The molecule has 17 heavy (non-hydrogen) atoms. The van der Waals surface area contributed by atoms with Crippen LogP contribution in [-0.2, 0) is 0 Å². The molecule has 0 heterocycles. The molecule has 0 aliphatic heterocycles. The number of phenolic OH excluding ortho intramolecular Hbond substituents is 1. The minimum absolute atomic E-state index is 0. The number of benzene rings is 1. The van der Waals surface area contributed by atoms with Crippen molar-refractivity contribution in [3.63, 3.8) is 0 Å². The molecule has 0 radical (unpaired) electrons. The maximum atomic E-state index is 11.0. The van der Waals surface area contributed by atoms with Gasteiger partial charge in [-0.3, -0.25) is 0 Å². The van der Waals surface area contributed by atoms with Crippen molar-refractivity contribution in [2.24, 2.45) is 5.73 Å². The minimum Gasteiger partial charge on any atom is -0.506 e. The summed E-state index contributed by atoms with van der Waals surface area (Å²) in [6.45, 7) is 3.53. The van der Waals surface area contributed by atoms with Gasteiger partial charge >= 0.3 is 5.97 Å². The fourth-order valence-electron chi connectivity index (χ4n) is 1.44. The largest absolute Gasteiger partial charge is 0.506 e. The zero-order valence-electron chi connectivity index (χ0n) is 8.89. The molecule has 0 aliphatic rings. The maximum Gasteiger partial charge on any atom is 0.336 e. The van der Waals surface area contributed by atoms with Crippen LogP contribution in [0.15, 0.2) is 29.3 Å². The summed E-state index contributed by atoms with van der Waals surface area (Å²) in [6, 6.07) is 2.30. The summed E-state index contributed by atoms with van der Waals surface area (Å²) in [6.07, 6.45) is 1.97. The monoisotopic (exact) mass is 321 g/mol. The first kappa shape index (κ1) is 16.0. The molecular formula is C11H13BrClNO3. The number of nitrogens with two attached hydrogens (primary N) is 1. The van der Waals surface area contributed by atoms with Crippen LogP contribution in [0.2, 0.25) is 0 Å². The first-order valence-electron chi connectivity index (χ1n) is 4.60. The average Bonchev–Trinajstić information content (AvgIpc) is 2.21. The summed E-state index contributed by atoms with van der Waals surface area (Å²) < 4.78 is 0.423. The van der Waals surface area contributed by atoms with E-state index in [0.29, 0.717) is 10.9 Å². The molecule has 4 nitrogen and oxygen atoms in total. The number of carboxylic acids is 1. The van der Waals surface area contributed by atoms with Gasteiger partial charge in [-0.1, -0.05) is 6.08 Å². The number of carboxylic acid groups (broad SMARTS) is 1. The van der Waals surface area contributed by atoms with E-state index < -0.39 is 12.0 Å². The van der Waals surface area contributed by atoms with E-state index in [4.69, 9.17) is 10.8 Å². The SMILES string of the molecule is C=CC[C@@H](N)c1c(C(=O)O)ccc(Br)c1O.Cl. The van der Waals surface area contributed by atoms with Gasteiger partial charge in [0.05, 0.1) is 10.0 Å². The summed E-state index contributed by atoms with van der Waals surface area (Å²) in [5.41, 5.74) is 6.03. The molecule has 94 valence electrons. The van der Waals surface area contributed by atoms with E-state index in [1.165, 1.54) is 12.1 Å². The number of hydrogen-bond acceptors (Lipinski definition) is 3. The summed E-state index contributed by atoms with van der Waals surface area (Å²) >= 11 is 3.12. The Balaban J connectivity index is 0.00000256. The molecule has 0 unspecified atom stereocenters. The van der Waals surface area contributed by atoms with E-state index in [1.807, 2.05) is 0 Å². The van der Waals surface area contributed by atoms with Crippen LogP contribution < -0.4 is 5.73 Å². The highest BCUT2D eigenvalue weighted by molar-refractivity contribution is 9.10. The van der Waals surface area contributed by atoms with E-state index in [0.717, 1.165) is 0 Å². The fourth-order valence-corrected chi connectivity index (χ4v) is 1.79. The van der Waals surface area contributed by atoms with Crippen molar-refractivity contribution in [3.05, 3.63) is 40.4 Å². The second kappa shape index (κ2) is 6.64. The van der Waals surface area contributed by atoms with Gasteiger partial charge in [0.25, 0.3) is 0 Å². The van der Waals surface area contributed by atoms with Gasteiger partial charge in [-0.2, -0.15) is 0 Å². The molecule has 0 saturated heterocycles. The lowest BCUT2D eigenvalue weighted by Crippen LogP contribution is -2.14. The first-order chi connectivity index (χ1) is 7.49. The molecule has 4 N–H and O–H groups in total. The normalized spacial score (nSPS) is 11.4. The highest BCUT2D eigenvalue weighted by Crippen LogP contribution is 2.35. The highest BCUT2D eigenvalue weighted by Gasteiger charge is 2.20. The third-order valence-electron chi connectivity index (χ3n) is 2.19. The zero-order valence-corrected chi connectivity index (χ0v) is 11.3. The van der Waals surface area contributed by atoms with Gasteiger partial charge in [0.2, 0.25) is 0 Å². The Morgan fingerprint density at radius 3 is 2.65 bits per heavy atom. The lowest BCUT2D eigenvalue weighted by atomic mass is 9.97. The maximum absolute atomic E-state index is 11.0. The highest BCUT2D eigenvalue weighted by atomic mass is 79.9. The van der Waals surface area contributed by atoms with Crippen molar-refractivity contribution in [1.82, 2.24) is 0 Å². The van der Waals surface area contributed by atoms with E-state index in [1.54, 1.807) is 6.08 Å². The Labute approximate surface area is 114 Å². The molecular weight excluding hydrogens is 309 g/mol. The number of aromatic carboxylic acids is 1. The molecule has 1 rings (SSSR count). The van der Waals surface area contributed by atoms with Crippen LogP contribution >= 0.6 is 28.3 Å². The molecule has 0 amide bonds. The molecule has 1 atom stereocenters. The van der Waals surface area contributed by atoms with Crippen molar-refractivity contribution in [3.8, 4) is 5.75 Å². The van der Waals surface area contributed by atoms with Crippen LogP contribution in [0, 0.1) is 0 Å². The number of carbonyl (C=O) groups is 1. The van der Waals surface area contributed by atoms with Gasteiger partial charge in [-0.05, 0) is 34.5 Å². The lowest BCUT2D eigenvalue weighted by molar-refractivity contribution is 0.0694. The van der Waals surface area contributed by atoms with Crippen molar-refractivity contribution in [1.29, 1.82) is 0 Å². The molecule has 0 spiro atoms. The van der Waals surface area contributed by atoms with Crippen molar-refractivity contribution in [2.75, 3.05) is 0 Å². The van der Waals surface area contributed by atoms with Gasteiger partial charge in [0.1, 0.15) is 5.75 Å². The minimum atomic E-state index is -1.11. The van der Waals surface area contributed by atoms with Crippen LogP contribution in [0.1, 0.15) is 28.4 Å². The molecule has 0 fully saturated rings. The number of rotatable bonds is 4. The summed E-state index contributed by atoms with van der Waals surface area (Å²) in [5, 5.41) is 18.8. The second-order valence-electron chi connectivity index (χ2n) is 3.29. The Morgan fingerprint density at radius 2 is 2.18 bits per heavy atom. The predicted molar refractivity (Wildman–Crippen MR) is 71.8 cm³/mol. The number of aromatic hydroxyl groups is 1. The van der Waals surface area contributed by atoms with Gasteiger partial charge in [-0.15, -0.1) is 19.0 Å². The number of hydrogen-bond donors (Lipinski definition) is 3. The fraction of sp³-hybridized carbons (Fsp3) is 0.182. The van der Waals surface area contributed by atoms with Crippen LogP contribution in [0.5, 0.6) is 5.75 Å². The third-order valence-corrected chi connectivity index (χ3v) is 2.83. The Morgan fingerprint density at radius 1 is 1.59 bits per heavy atom. The quantitative estimate of drug-likeness (QED) is 0.744. The van der Waals surface area contributed by atoms with Gasteiger partial charge in [0, 0.05) is 11.6 Å². The molecule has 0 saturated carbocycles. The molecule has 0 aliphatic carbocycles. The molecule has 0 bridgehead atoms. The summed E-state index contributed by atoms with van der Waals surface area (Å²) in [4.78, 5) is 11.0. The Kier molecular flexibility index (Phi) is 6.23.